The third-order valence-corrected chi connectivity index (χ3v) is 16.4. The molecular formula is C63H122O17P2. The zero-order valence-electron chi connectivity index (χ0n) is 52.8. The number of carbonyl (C=O) groups is 4. The van der Waals surface area contributed by atoms with E-state index >= 15 is 0 Å². The van der Waals surface area contributed by atoms with E-state index in [1.54, 1.807) is 0 Å². The van der Waals surface area contributed by atoms with Crippen LogP contribution in [0.15, 0.2) is 0 Å². The van der Waals surface area contributed by atoms with Crippen LogP contribution in [0.2, 0.25) is 0 Å². The zero-order chi connectivity index (χ0) is 60.8. The van der Waals surface area contributed by atoms with E-state index in [-0.39, 0.29) is 25.7 Å². The molecule has 2 unspecified atom stereocenters. The van der Waals surface area contributed by atoms with Gasteiger partial charge in [0.1, 0.15) is 19.3 Å². The average molecular weight is 1210 g/mol. The van der Waals surface area contributed by atoms with Crippen molar-refractivity contribution in [2.75, 3.05) is 39.6 Å². The highest BCUT2D eigenvalue weighted by Gasteiger charge is 2.30. The van der Waals surface area contributed by atoms with Gasteiger partial charge in [-0.3, -0.25) is 37.3 Å². The maximum absolute atomic E-state index is 13.0. The number of hydrogen-bond acceptors (Lipinski definition) is 15. The topological polar surface area (TPSA) is 237 Å². The number of ether oxygens (including phenoxy) is 4. The van der Waals surface area contributed by atoms with E-state index in [1.807, 2.05) is 0 Å². The Morgan fingerprint density at radius 1 is 0.329 bits per heavy atom. The molecule has 17 nitrogen and oxygen atoms in total. The van der Waals surface area contributed by atoms with Gasteiger partial charge in [-0.15, -0.1) is 0 Å². The molecule has 0 aliphatic carbocycles. The van der Waals surface area contributed by atoms with Crippen molar-refractivity contribution in [2.45, 2.75) is 330 Å². The molecule has 19 heteroatoms. The summed E-state index contributed by atoms with van der Waals surface area (Å²) in [6.07, 6.45) is 38.1. The molecule has 3 N–H and O–H groups in total. The fourth-order valence-electron chi connectivity index (χ4n) is 9.35. The molecule has 0 radical (unpaired) electrons. The Bertz CT molecular complexity index is 1620. The first kappa shape index (κ1) is 80.1. The summed E-state index contributed by atoms with van der Waals surface area (Å²) in [6.45, 7) is 9.32. The van der Waals surface area contributed by atoms with E-state index in [1.165, 1.54) is 122 Å². The lowest BCUT2D eigenvalue weighted by molar-refractivity contribution is -0.161. The highest BCUT2D eigenvalue weighted by atomic mass is 31.2. The van der Waals surface area contributed by atoms with Crippen LogP contribution in [0.1, 0.15) is 311 Å². The number of aliphatic hydroxyl groups excluding tert-OH is 1. The second-order valence-electron chi connectivity index (χ2n) is 23.7. The Balaban J connectivity index is 5.15. The quantitative estimate of drug-likeness (QED) is 0.0222. The van der Waals surface area contributed by atoms with Crippen molar-refractivity contribution in [2.24, 2.45) is 11.8 Å². The van der Waals surface area contributed by atoms with Crippen LogP contribution in [0.5, 0.6) is 0 Å². The van der Waals surface area contributed by atoms with E-state index in [0.29, 0.717) is 31.6 Å². The van der Waals surface area contributed by atoms with Crippen LogP contribution in [0.3, 0.4) is 0 Å². The highest BCUT2D eigenvalue weighted by molar-refractivity contribution is 7.47. The molecule has 0 saturated carbocycles. The van der Waals surface area contributed by atoms with E-state index in [4.69, 9.17) is 37.0 Å². The van der Waals surface area contributed by atoms with Crippen LogP contribution in [0.4, 0.5) is 0 Å². The summed E-state index contributed by atoms with van der Waals surface area (Å²) >= 11 is 0. The van der Waals surface area contributed by atoms with E-state index in [2.05, 4.69) is 41.5 Å². The Morgan fingerprint density at radius 2 is 0.561 bits per heavy atom. The van der Waals surface area contributed by atoms with Gasteiger partial charge in [0.05, 0.1) is 26.4 Å². The second kappa shape index (κ2) is 55.6. The molecule has 0 aromatic heterocycles. The molecule has 0 spiro atoms. The van der Waals surface area contributed by atoms with Crippen LogP contribution in [0.25, 0.3) is 0 Å². The van der Waals surface area contributed by atoms with Crippen molar-refractivity contribution in [3.05, 3.63) is 0 Å². The lowest BCUT2D eigenvalue weighted by Gasteiger charge is -2.21. The van der Waals surface area contributed by atoms with Gasteiger partial charge in [0.25, 0.3) is 0 Å². The van der Waals surface area contributed by atoms with Gasteiger partial charge in [-0.25, -0.2) is 9.13 Å². The van der Waals surface area contributed by atoms with Crippen molar-refractivity contribution in [3.63, 3.8) is 0 Å². The van der Waals surface area contributed by atoms with Gasteiger partial charge in [0, 0.05) is 25.7 Å². The van der Waals surface area contributed by atoms with E-state index in [9.17, 15) is 43.2 Å². The minimum atomic E-state index is -4.94. The third-order valence-electron chi connectivity index (χ3n) is 14.5. The van der Waals surface area contributed by atoms with E-state index < -0.39 is 97.5 Å². The molecule has 0 aromatic rings. The maximum Gasteiger partial charge on any atom is 0.472 e. The van der Waals surface area contributed by atoms with E-state index in [0.717, 1.165) is 102 Å². The predicted octanol–water partition coefficient (Wildman–Crippen LogP) is 17.3. The molecule has 0 rings (SSSR count). The van der Waals surface area contributed by atoms with Crippen molar-refractivity contribution in [3.8, 4) is 0 Å². The van der Waals surface area contributed by atoms with Crippen LogP contribution in [-0.4, -0.2) is 96.7 Å². The zero-order valence-corrected chi connectivity index (χ0v) is 54.6. The molecule has 82 heavy (non-hydrogen) atoms. The van der Waals surface area contributed by atoms with Crippen molar-refractivity contribution < 1.29 is 80.2 Å². The van der Waals surface area contributed by atoms with Crippen LogP contribution in [0, 0.1) is 11.8 Å². The molecule has 0 bridgehead atoms. The third kappa shape index (κ3) is 57.2. The number of phosphoric acid groups is 2. The number of unbranched alkanes of at least 4 members (excludes halogenated alkanes) is 32. The summed E-state index contributed by atoms with van der Waals surface area (Å²) in [5, 5.41) is 10.5. The van der Waals surface area contributed by atoms with Crippen molar-refractivity contribution in [1.82, 2.24) is 0 Å². The molecule has 0 aliphatic rings. The Labute approximate surface area is 498 Å². The molecule has 0 heterocycles. The van der Waals surface area contributed by atoms with Crippen LogP contribution in [-0.2, 0) is 65.4 Å². The predicted molar refractivity (Wildman–Crippen MR) is 326 cm³/mol. The summed E-state index contributed by atoms with van der Waals surface area (Å²) in [7, 11) is -9.87. The Kier molecular flexibility index (Phi) is 54.3. The van der Waals surface area contributed by atoms with Gasteiger partial charge in [0.15, 0.2) is 12.2 Å². The molecule has 0 amide bonds. The van der Waals surface area contributed by atoms with Gasteiger partial charge in [-0.05, 0) is 37.5 Å². The summed E-state index contributed by atoms with van der Waals surface area (Å²) in [6, 6.07) is 0. The number of phosphoric ester groups is 2. The summed E-state index contributed by atoms with van der Waals surface area (Å²) in [4.78, 5) is 71.9. The molecular weight excluding hydrogens is 1090 g/mol. The molecule has 0 fully saturated rings. The van der Waals surface area contributed by atoms with Gasteiger partial charge in [-0.1, -0.05) is 260 Å². The molecule has 486 valence electrons. The first-order valence-corrected chi connectivity index (χ1v) is 36.0. The highest BCUT2D eigenvalue weighted by Crippen LogP contribution is 2.45. The number of esters is 4. The lowest BCUT2D eigenvalue weighted by Crippen LogP contribution is -2.30. The van der Waals surface area contributed by atoms with Crippen LogP contribution < -0.4 is 0 Å². The van der Waals surface area contributed by atoms with Crippen molar-refractivity contribution in [1.29, 1.82) is 0 Å². The lowest BCUT2D eigenvalue weighted by atomic mass is 10.0. The largest absolute Gasteiger partial charge is 0.472 e. The van der Waals surface area contributed by atoms with Gasteiger partial charge in [-0.2, -0.15) is 0 Å². The van der Waals surface area contributed by atoms with Gasteiger partial charge < -0.3 is 33.8 Å². The minimum absolute atomic E-state index is 0.101. The summed E-state index contributed by atoms with van der Waals surface area (Å²) < 4.78 is 67.7. The Hall–Kier alpha value is -1.94. The van der Waals surface area contributed by atoms with Crippen LogP contribution >= 0.6 is 15.6 Å². The number of hydrogen-bond donors (Lipinski definition) is 3. The number of carbonyl (C=O) groups excluding carboxylic acids is 4. The molecule has 5 atom stereocenters. The van der Waals surface area contributed by atoms with Gasteiger partial charge >= 0.3 is 39.5 Å². The Morgan fingerprint density at radius 3 is 0.829 bits per heavy atom. The normalized spacial score (nSPS) is 14.3. The first-order chi connectivity index (χ1) is 39.4. The summed E-state index contributed by atoms with van der Waals surface area (Å²) in [5.74, 6) is -0.684. The smallest absolute Gasteiger partial charge is 0.462 e. The van der Waals surface area contributed by atoms with Crippen molar-refractivity contribution >= 4 is 39.5 Å². The maximum atomic E-state index is 13.0. The molecule has 0 aromatic carbocycles. The average Bonchev–Trinajstić information content (AvgIpc) is 3.43. The number of aliphatic hydroxyl groups is 1. The van der Waals surface area contributed by atoms with Gasteiger partial charge in [0.2, 0.25) is 0 Å². The fourth-order valence-corrected chi connectivity index (χ4v) is 10.9. The standard InChI is InChI=1S/C63H122O17P2/c1-7-9-11-13-14-15-20-24-27-34-40-46-61(66)74-52-59(79-62(67)47-41-35-28-25-22-19-17-16-18-21-23-26-32-37-43-55(3)4)54-78-82(71,72)76-50-57(64)49-75-81(69,70)77-53-58(51-73-60(65)45-39-31-12-10-8-2)80-63(68)48-42-36-30-29-33-38-44-56(5)6/h55-59,64H,7-54H2,1-6H3,(H,69,70)(H,71,72)/t57-,58+,59+/m0/s1. The fraction of sp³-hybridized carbons (Fsp3) is 0.937. The first-order valence-electron chi connectivity index (χ1n) is 33.0. The molecule has 0 saturated heterocycles. The summed E-state index contributed by atoms with van der Waals surface area (Å²) in [5.41, 5.74) is 0. The number of rotatable bonds is 62. The SMILES string of the molecule is CCCCCCCCCCCCCC(=O)OC[C@H](COP(=O)(O)OC[C@@H](O)COP(=O)(O)OC[C@@H](COC(=O)CCCCCCC)OC(=O)CCCCCCCCC(C)C)OC(=O)CCCCCCCCCCCCCCCCC(C)C. The minimum Gasteiger partial charge on any atom is -0.462 e. The monoisotopic (exact) mass is 1210 g/mol. The second-order valence-corrected chi connectivity index (χ2v) is 26.7. The molecule has 0 aliphatic heterocycles.